The van der Waals surface area contributed by atoms with E-state index in [1.54, 1.807) is 36.4 Å². The molecule has 0 spiro atoms. The summed E-state index contributed by atoms with van der Waals surface area (Å²) in [6.45, 7) is 2.65. The van der Waals surface area contributed by atoms with E-state index in [9.17, 15) is 12.8 Å². The number of nitrogens with one attached hydrogen (secondary N) is 1. The number of hydrogen-bond donors (Lipinski definition) is 2. The molecule has 0 saturated carbocycles. The predicted molar refractivity (Wildman–Crippen MR) is 119 cm³/mol. The Labute approximate surface area is 184 Å². The van der Waals surface area contributed by atoms with Gasteiger partial charge in [0.05, 0.1) is 22.7 Å². The van der Waals surface area contributed by atoms with Crippen molar-refractivity contribution in [3.8, 4) is 17.1 Å². The number of halogens is 1. The Morgan fingerprint density at radius 3 is 2.34 bits per heavy atom. The number of anilines is 1. The van der Waals surface area contributed by atoms with E-state index in [1.165, 1.54) is 24.3 Å². The Bertz CT molecular complexity index is 1360. The van der Waals surface area contributed by atoms with Gasteiger partial charge in [0.1, 0.15) is 5.82 Å². The van der Waals surface area contributed by atoms with Gasteiger partial charge in [0, 0.05) is 12.1 Å². The molecule has 0 aliphatic rings. The molecular formula is C22H20FN5O3S. The van der Waals surface area contributed by atoms with Crippen molar-refractivity contribution in [2.75, 3.05) is 11.9 Å². The number of hydrogen-bond acceptors (Lipinski definition) is 7. The highest BCUT2D eigenvalue weighted by Gasteiger charge is 2.13. The second-order valence-electron chi connectivity index (χ2n) is 6.90. The monoisotopic (exact) mass is 453 g/mol. The molecule has 0 fully saturated rings. The van der Waals surface area contributed by atoms with Gasteiger partial charge in [-0.25, -0.2) is 27.9 Å². The van der Waals surface area contributed by atoms with Crippen LogP contribution in [0.3, 0.4) is 0 Å². The Balaban J connectivity index is 1.65. The smallest absolute Gasteiger partial charge is 0.245 e. The van der Waals surface area contributed by atoms with Crippen LogP contribution in [0.2, 0.25) is 0 Å². The van der Waals surface area contributed by atoms with Gasteiger partial charge in [-0.3, -0.25) is 0 Å². The number of pyridine rings is 1. The van der Waals surface area contributed by atoms with Gasteiger partial charge in [0.2, 0.25) is 21.9 Å². The van der Waals surface area contributed by atoms with Gasteiger partial charge in [-0.05, 0) is 48.9 Å². The molecule has 2 aromatic heterocycles. The van der Waals surface area contributed by atoms with Crippen molar-refractivity contribution >= 4 is 27.0 Å². The number of rotatable bonds is 7. The Hall–Kier alpha value is -3.63. The molecular weight excluding hydrogens is 433 g/mol. The maximum absolute atomic E-state index is 13.1. The fourth-order valence-electron chi connectivity index (χ4n) is 3.06. The zero-order valence-electron chi connectivity index (χ0n) is 17.1. The summed E-state index contributed by atoms with van der Waals surface area (Å²) in [6.07, 6.45) is 0. The highest BCUT2D eigenvalue weighted by atomic mass is 32.2. The van der Waals surface area contributed by atoms with Crippen molar-refractivity contribution in [1.29, 1.82) is 0 Å². The number of aromatic nitrogens is 3. The third kappa shape index (κ3) is 4.82. The number of ether oxygens (including phenoxy) is 1. The fourth-order valence-corrected chi connectivity index (χ4v) is 3.58. The van der Waals surface area contributed by atoms with Crippen LogP contribution in [0.25, 0.3) is 22.3 Å². The van der Waals surface area contributed by atoms with E-state index < -0.39 is 10.0 Å². The highest BCUT2D eigenvalue weighted by molar-refractivity contribution is 7.89. The first kappa shape index (κ1) is 21.6. The Kier molecular flexibility index (Phi) is 5.97. The van der Waals surface area contributed by atoms with Crippen molar-refractivity contribution in [2.45, 2.75) is 18.4 Å². The maximum Gasteiger partial charge on any atom is 0.245 e. The normalized spacial score (nSPS) is 11.5. The molecule has 164 valence electrons. The van der Waals surface area contributed by atoms with E-state index in [1.807, 2.05) is 6.92 Å². The molecule has 0 radical (unpaired) electrons. The molecule has 3 N–H and O–H groups in total. The summed E-state index contributed by atoms with van der Waals surface area (Å²) in [6, 6.07) is 15.8. The average molecular weight is 453 g/mol. The van der Waals surface area contributed by atoms with E-state index in [4.69, 9.17) is 9.88 Å². The van der Waals surface area contributed by atoms with Crippen LogP contribution < -0.4 is 15.2 Å². The van der Waals surface area contributed by atoms with Gasteiger partial charge in [-0.1, -0.05) is 24.3 Å². The lowest BCUT2D eigenvalue weighted by Gasteiger charge is -2.11. The van der Waals surface area contributed by atoms with Crippen molar-refractivity contribution in [3.05, 3.63) is 72.0 Å². The van der Waals surface area contributed by atoms with Gasteiger partial charge in [-0.15, -0.1) is 0 Å². The molecule has 0 unspecified atom stereocenters. The van der Waals surface area contributed by atoms with E-state index in [0.29, 0.717) is 47.3 Å². The van der Waals surface area contributed by atoms with Crippen LogP contribution in [0.1, 0.15) is 12.5 Å². The standard InChI is InChI=1S/C22H20FN5O3S/c1-2-31-21-20-19(27-22(28-21)25-13-14-3-7-16(23)8-4-14)12-11-18(26-20)15-5-9-17(10-6-15)32(24,29)30/h3-12H,2,13H2,1H3,(H2,24,29,30)(H,25,27,28). The highest BCUT2D eigenvalue weighted by Crippen LogP contribution is 2.27. The zero-order valence-corrected chi connectivity index (χ0v) is 17.9. The van der Waals surface area contributed by atoms with Crippen LogP contribution in [0.4, 0.5) is 10.3 Å². The molecule has 0 bridgehead atoms. The van der Waals surface area contributed by atoms with Gasteiger partial charge < -0.3 is 10.1 Å². The number of nitrogens with two attached hydrogens (primary N) is 1. The summed E-state index contributed by atoms with van der Waals surface area (Å²) >= 11 is 0. The van der Waals surface area contributed by atoms with Crippen LogP contribution in [0.15, 0.2) is 65.6 Å². The molecule has 2 aromatic carbocycles. The van der Waals surface area contributed by atoms with E-state index >= 15 is 0 Å². The minimum atomic E-state index is -3.77. The lowest BCUT2D eigenvalue weighted by atomic mass is 10.1. The SMILES string of the molecule is CCOc1nc(NCc2ccc(F)cc2)nc2ccc(-c3ccc(S(N)(=O)=O)cc3)nc12. The summed E-state index contributed by atoms with van der Waals surface area (Å²) < 4.78 is 41.7. The molecule has 10 heteroatoms. The van der Waals surface area contributed by atoms with Crippen molar-refractivity contribution in [1.82, 2.24) is 15.0 Å². The molecule has 0 saturated heterocycles. The van der Waals surface area contributed by atoms with E-state index in [-0.39, 0.29) is 10.7 Å². The minimum absolute atomic E-state index is 0.0252. The largest absolute Gasteiger partial charge is 0.476 e. The first-order valence-electron chi connectivity index (χ1n) is 9.76. The summed E-state index contributed by atoms with van der Waals surface area (Å²) in [5, 5.41) is 8.27. The van der Waals surface area contributed by atoms with E-state index in [0.717, 1.165) is 5.56 Å². The number of fused-ring (bicyclic) bond motifs is 1. The molecule has 32 heavy (non-hydrogen) atoms. The summed E-state index contributed by atoms with van der Waals surface area (Å²) in [7, 11) is -3.77. The number of primary sulfonamides is 1. The second-order valence-corrected chi connectivity index (χ2v) is 8.46. The third-order valence-corrected chi connectivity index (χ3v) is 5.56. The van der Waals surface area contributed by atoms with Crippen LogP contribution in [-0.4, -0.2) is 30.0 Å². The summed E-state index contributed by atoms with van der Waals surface area (Å²) in [5.41, 5.74) is 3.25. The number of sulfonamides is 1. The minimum Gasteiger partial charge on any atom is -0.476 e. The van der Waals surface area contributed by atoms with Crippen molar-refractivity contribution in [2.24, 2.45) is 5.14 Å². The Morgan fingerprint density at radius 2 is 1.69 bits per heavy atom. The van der Waals surface area contributed by atoms with Crippen molar-refractivity contribution in [3.63, 3.8) is 0 Å². The molecule has 2 heterocycles. The predicted octanol–water partition coefficient (Wildman–Crippen LogP) is 3.49. The van der Waals surface area contributed by atoms with Crippen LogP contribution >= 0.6 is 0 Å². The number of nitrogens with zero attached hydrogens (tertiary/aromatic N) is 3. The molecule has 0 aliphatic carbocycles. The van der Waals surface area contributed by atoms with Gasteiger partial charge >= 0.3 is 0 Å². The summed E-state index contributed by atoms with van der Waals surface area (Å²) in [5.74, 6) is 0.384. The van der Waals surface area contributed by atoms with Gasteiger partial charge in [0.15, 0.2) is 5.52 Å². The molecule has 0 aliphatic heterocycles. The van der Waals surface area contributed by atoms with E-state index in [2.05, 4.69) is 20.3 Å². The fraction of sp³-hybridized carbons (Fsp3) is 0.136. The third-order valence-electron chi connectivity index (χ3n) is 4.63. The molecule has 4 rings (SSSR count). The second kappa shape index (κ2) is 8.85. The first-order chi connectivity index (χ1) is 15.3. The first-order valence-corrected chi connectivity index (χ1v) is 11.3. The molecule has 4 aromatic rings. The van der Waals surface area contributed by atoms with Crippen LogP contribution in [0.5, 0.6) is 5.88 Å². The topological polar surface area (TPSA) is 120 Å². The molecule has 0 atom stereocenters. The average Bonchev–Trinajstić information content (AvgIpc) is 2.78. The number of benzene rings is 2. The van der Waals surface area contributed by atoms with Crippen molar-refractivity contribution < 1.29 is 17.5 Å². The quantitative estimate of drug-likeness (QED) is 0.439. The molecule has 8 nitrogen and oxygen atoms in total. The molecule has 0 amide bonds. The summed E-state index contributed by atoms with van der Waals surface area (Å²) in [4.78, 5) is 13.6. The lowest BCUT2D eigenvalue weighted by Crippen LogP contribution is -2.11. The Morgan fingerprint density at radius 1 is 0.969 bits per heavy atom. The zero-order chi connectivity index (χ0) is 22.7. The lowest BCUT2D eigenvalue weighted by molar-refractivity contribution is 0.330. The van der Waals surface area contributed by atoms with Crippen LogP contribution in [0, 0.1) is 5.82 Å². The van der Waals surface area contributed by atoms with Gasteiger partial charge in [0.25, 0.3) is 0 Å². The van der Waals surface area contributed by atoms with Gasteiger partial charge in [-0.2, -0.15) is 4.98 Å². The maximum atomic E-state index is 13.1. The van der Waals surface area contributed by atoms with Crippen LogP contribution in [-0.2, 0) is 16.6 Å².